The molecule has 0 aromatic carbocycles. The summed E-state index contributed by atoms with van der Waals surface area (Å²) in [7, 11) is 1.84. The van der Waals surface area contributed by atoms with E-state index in [0.29, 0.717) is 11.3 Å². The summed E-state index contributed by atoms with van der Waals surface area (Å²) in [5, 5.41) is 2.18. The van der Waals surface area contributed by atoms with Gasteiger partial charge >= 0.3 is 0 Å². The zero-order chi connectivity index (χ0) is 17.1. The maximum Gasteiger partial charge on any atom is 0.117 e. The van der Waals surface area contributed by atoms with Crippen LogP contribution in [0.1, 0.15) is 23.5 Å². The Morgan fingerprint density at radius 3 is 2.76 bits per heavy atom. The fraction of sp³-hybridized carbons (Fsp3) is 0.600. The van der Waals surface area contributed by atoms with Crippen LogP contribution in [0.2, 0.25) is 0 Å². The second kappa shape index (κ2) is 7.62. The zero-order valence-corrected chi connectivity index (χ0v) is 15.8. The van der Waals surface area contributed by atoms with Gasteiger partial charge in [0.15, 0.2) is 0 Å². The highest BCUT2D eigenvalue weighted by atomic mass is 32.1. The summed E-state index contributed by atoms with van der Waals surface area (Å²) >= 11 is 1.87. The molecule has 2 aliphatic heterocycles. The van der Waals surface area contributed by atoms with Crippen molar-refractivity contribution in [3.63, 3.8) is 0 Å². The largest absolute Gasteiger partial charge is 0.468 e. The van der Waals surface area contributed by atoms with Crippen molar-refractivity contribution >= 4 is 11.3 Å². The van der Waals surface area contributed by atoms with E-state index in [1.807, 2.05) is 24.5 Å². The smallest absolute Gasteiger partial charge is 0.117 e. The highest BCUT2D eigenvalue weighted by Crippen LogP contribution is 2.45. The number of piperidine rings is 1. The molecule has 4 nitrogen and oxygen atoms in total. The minimum atomic E-state index is 0.411. The molecule has 2 fully saturated rings. The Morgan fingerprint density at radius 2 is 2.08 bits per heavy atom. The molecule has 4 rings (SSSR count). The number of rotatable bonds is 6. The van der Waals surface area contributed by atoms with Gasteiger partial charge < -0.3 is 9.15 Å². The Kier molecular flexibility index (Phi) is 5.27. The summed E-state index contributed by atoms with van der Waals surface area (Å²) in [5.74, 6) is 1.71. The van der Waals surface area contributed by atoms with Gasteiger partial charge in [-0.15, -0.1) is 11.3 Å². The van der Waals surface area contributed by atoms with E-state index in [9.17, 15) is 0 Å². The first-order chi connectivity index (χ1) is 12.3. The van der Waals surface area contributed by atoms with Crippen molar-refractivity contribution in [2.45, 2.75) is 25.9 Å². The molecule has 0 aliphatic carbocycles. The minimum Gasteiger partial charge on any atom is -0.468 e. The second-order valence-electron chi connectivity index (χ2n) is 7.62. The number of hydrogen-bond acceptors (Lipinski definition) is 5. The van der Waals surface area contributed by atoms with E-state index >= 15 is 0 Å². The van der Waals surface area contributed by atoms with Crippen molar-refractivity contribution in [2.24, 2.45) is 11.3 Å². The summed E-state index contributed by atoms with van der Waals surface area (Å²) in [6.07, 6.45) is 4.33. The summed E-state index contributed by atoms with van der Waals surface area (Å²) in [6, 6.07) is 8.48. The van der Waals surface area contributed by atoms with Gasteiger partial charge in [0.1, 0.15) is 5.76 Å². The molecule has 25 heavy (non-hydrogen) atoms. The summed E-state index contributed by atoms with van der Waals surface area (Å²) in [5.41, 5.74) is 0.411. The average Bonchev–Trinajstić information content (AvgIpc) is 3.34. The first kappa shape index (κ1) is 17.3. The predicted molar refractivity (Wildman–Crippen MR) is 101 cm³/mol. The lowest BCUT2D eigenvalue weighted by Crippen LogP contribution is -2.44. The molecule has 0 unspecified atom stereocenters. The average molecular weight is 361 g/mol. The molecule has 0 radical (unpaired) electrons. The fourth-order valence-corrected chi connectivity index (χ4v) is 5.41. The van der Waals surface area contributed by atoms with E-state index < -0.39 is 0 Å². The first-order valence-electron chi connectivity index (χ1n) is 9.26. The number of thiophene rings is 1. The van der Waals surface area contributed by atoms with Gasteiger partial charge in [-0.2, -0.15) is 0 Å². The van der Waals surface area contributed by atoms with Crippen molar-refractivity contribution in [2.75, 3.05) is 39.9 Å². The van der Waals surface area contributed by atoms with E-state index in [1.54, 1.807) is 6.26 Å². The van der Waals surface area contributed by atoms with Gasteiger partial charge in [-0.3, -0.25) is 9.80 Å². The minimum absolute atomic E-state index is 0.411. The van der Waals surface area contributed by atoms with E-state index in [1.165, 1.54) is 37.4 Å². The van der Waals surface area contributed by atoms with Crippen LogP contribution in [-0.2, 0) is 17.8 Å². The van der Waals surface area contributed by atoms with Gasteiger partial charge in [0.25, 0.3) is 0 Å². The maximum atomic E-state index is 5.59. The van der Waals surface area contributed by atoms with Crippen LogP contribution in [0.15, 0.2) is 40.3 Å². The Hall–Kier alpha value is -1.14. The molecule has 136 valence electrons. The first-order valence-corrected chi connectivity index (χ1v) is 10.1. The molecule has 2 aromatic heterocycles. The van der Waals surface area contributed by atoms with Crippen molar-refractivity contribution in [3.8, 4) is 0 Å². The molecule has 5 heteroatoms. The van der Waals surface area contributed by atoms with Gasteiger partial charge in [-0.1, -0.05) is 6.07 Å². The van der Waals surface area contributed by atoms with Crippen LogP contribution in [-0.4, -0.2) is 49.7 Å². The molecule has 0 N–H and O–H groups in total. The van der Waals surface area contributed by atoms with Crippen molar-refractivity contribution in [1.29, 1.82) is 0 Å². The molecule has 1 atom stereocenters. The zero-order valence-electron chi connectivity index (χ0n) is 15.0. The van der Waals surface area contributed by atoms with Gasteiger partial charge in [-0.05, 0) is 54.9 Å². The quantitative estimate of drug-likeness (QED) is 0.785. The molecule has 0 bridgehead atoms. The van der Waals surface area contributed by atoms with Crippen LogP contribution < -0.4 is 0 Å². The Balaban J connectivity index is 1.38. The van der Waals surface area contributed by atoms with Crippen LogP contribution in [0.5, 0.6) is 0 Å². The van der Waals surface area contributed by atoms with Crippen LogP contribution in [0, 0.1) is 11.3 Å². The predicted octanol–water partition coefficient (Wildman–Crippen LogP) is 3.70. The highest BCUT2D eigenvalue weighted by Gasteiger charge is 2.47. The van der Waals surface area contributed by atoms with Crippen molar-refractivity contribution in [3.05, 3.63) is 46.5 Å². The summed E-state index contributed by atoms with van der Waals surface area (Å²) < 4.78 is 11.1. The number of furan rings is 1. The number of methoxy groups -OCH3 is 1. The Bertz CT molecular complexity index is 633. The SMILES string of the molecule is COC[C@H]1CN(Cc2ccco2)CC12CCN(Cc1cccs1)CC2. The Morgan fingerprint density at radius 1 is 1.20 bits per heavy atom. The standard InChI is InChI=1S/C20H28N2O2S/c1-23-15-17-12-22(13-18-4-2-10-24-18)16-20(17)6-8-21(9-7-20)14-19-5-3-11-25-19/h2-5,10-11,17H,6-9,12-16H2,1H3/t17-/m1/s1. The van der Waals surface area contributed by atoms with Gasteiger partial charge in [0, 0.05) is 37.5 Å². The highest BCUT2D eigenvalue weighted by molar-refractivity contribution is 7.09. The third-order valence-electron chi connectivity index (χ3n) is 6.02. The molecule has 0 amide bonds. The third kappa shape index (κ3) is 3.85. The Labute approximate surface area is 154 Å². The van der Waals surface area contributed by atoms with Crippen molar-refractivity contribution < 1.29 is 9.15 Å². The van der Waals surface area contributed by atoms with Gasteiger partial charge in [0.05, 0.1) is 19.4 Å². The van der Waals surface area contributed by atoms with E-state index in [2.05, 4.69) is 33.4 Å². The number of nitrogens with zero attached hydrogens (tertiary/aromatic N) is 2. The lowest BCUT2D eigenvalue weighted by molar-refractivity contribution is 0.0352. The number of likely N-dealkylation sites (tertiary alicyclic amines) is 2. The molecular formula is C20H28N2O2S. The summed E-state index contributed by atoms with van der Waals surface area (Å²) in [6.45, 7) is 7.61. The number of ether oxygens (including phenoxy) is 1. The fourth-order valence-electron chi connectivity index (χ4n) is 4.66. The van der Waals surface area contributed by atoms with E-state index in [0.717, 1.165) is 32.0 Å². The molecule has 0 saturated carbocycles. The van der Waals surface area contributed by atoms with Crippen molar-refractivity contribution in [1.82, 2.24) is 9.80 Å². The monoisotopic (exact) mass is 360 g/mol. The normalized spacial score (nSPS) is 24.3. The van der Waals surface area contributed by atoms with Crippen LogP contribution in [0.3, 0.4) is 0 Å². The second-order valence-corrected chi connectivity index (χ2v) is 8.65. The lowest BCUT2D eigenvalue weighted by atomic mass is 9.71. The van der Waals surface area contributed by atoms with Gasteiger partial charge in [-0.25, -0.2) is 0 Å². The molecular weight excluding hydrogens is 332 g/mol. The number of hydrogen-bond donors (Lipinski definition) is 0. The van der Waals surface area contributed by atoms with E-state index in [-0.39, 0.29) is 0 Å². The molecule has 2 saturated heterocycles. The van der Waals surface area contributed by atoms with Gasteiger partial charge in [0.2, 0.25) is 0 Å². The molecule has 2 aromatic rings. The molecule has 4 heterocycles. The third-order valence-corrected chi connectivity index (χ3v) is 6.88. The van der Waals surface area contributed by atoms with Crippen LogP contribution in [0.25, 0.3) is 0 Å². The van der Waals surface area contributed by atoms with E-state index in [4.69, 9.17) is 9.15 Å². The van der Waals surface area contributed by atoms with Crippen LogP contribution >= 0.6 is 11.3 Å². The lowest BCUT2D eigenvalue weighted by Gasteiger charge is -2.42. The summed E-state index contributed by atoms with van der Waals surface area (Å²) in [4.78, 5) is 6.67. The molecule has 1 spiro atoms. The van der Waals surface area contributed by atoms with Crippen LogP contribution in [0.4, 0.5) is 0 Å². The molecule has 2 aliphatic rings. The topological polar surface area (TPSA) is 28.9 Å². The maximum absolute atomic E-state index is 5.59.